The van der Waals surface area contributed by atoms with E-state index in [0.717, 1.165) is 24.3 Å². The summed E-state index contributed by atoms with van der Waals surface area (Å²) in [7, 11) is 2.08. The zero-order valence-electron chi connectivity index (χ0n) is 13.1. The van der Waals surface area contributed by atoms with E-state index in [1.54, 1.807) is 0 Å². The van der Waals surface area contributed by atoms with Crippen LogP contribution in [0.2, 0.25) is 0 Å². The van der Waals surface area contributed by atoms with Gasteiger partial charge in [-0.25, -0.2) is 4.98 Å². The molecule has 114 valence electrons. The topological polar surface area (TPSA) is 24.9 Å². The van der Waals surface area contributed by atoms with Crippen molar-refractivity contribution in [3.05, 3.63) is 29.3 Å². The number of hydrogen-bond acceptors (Lipinski definition) is 3. The Hall–Kier alpha value is -0.930. The molecule has 0 spiro atoms. The lowest BCUT2D eigenvalue weighted by Gasteiger charge is -2.35. The average molecular weight is 302 g/mol. The maximum absolute atomic E-state index is 4.85. The van der Waals surface area contributed by atoms with Crippen LogP contribution < -0.4 is 5.32 Å². The fourth-order valence-electron chi connectivity index (χ4n) is 3.81. The monoisotopic (exact) mass is 302 g/mol. The molecular weight excluding hydrogens is 276 g/mol. The molecule has 0 saturated heterocycles. The van der Waals surface area contributed by atoms with Crippen LogP contribution in [0.1, 0.15) is 37.6 Å². The molecular formula is C18H26N2S. The molecule has 1 saturated carbocycles. The highest BCUT2D eigenvalue weighted by atomic mass is 32.1. The number of benzene rings is 1. The number of hydrogen-bond donors (Lipinski definition) is 1. The molecule has 0 amide bonds. The van der Waals surface area contributed by atoms with Gasteiger partial charge in [-0.1, -0.05) is 31.9 Å². The van der Waals surface area contributed by atoms with E-state index >= 15 is 0 Å². The largest absolute Gasteiger partial charge is 0.319 e. The van der Waals surface area contributed by atoms with E-state index in [-0.39, 0.29) is 0 Å². The van der Waals surface area contributed by atoms with E-state index in [1.807, 2.05) is 11.3 Å². The van der Waals surface area contributed by atoms with Crippen LogP contribution >= 0.6 is 11.3 Å². The van der Waals surface area contributed by atoms with E-state index in [9.17, 15) is 0 Å². The van der Waals surface area contributed by atoms with Crippen LogP contribution in [-0.4, -0.2) is 18.6 Å². The minimum absolute atomic E-state index is 0.803. The summed E-state index contributed by atoms with van der Waals surface area (Å²) in [6, 6.07) is 8.53. The van der Waals surface area contributed by atoms with Crippen molar-refractivity contribution < 1.29 is 0 Å². The summed E-state index contributed by atoms with van der Waals surface area (Å²) >= 11 is 1.89. The molecule has 3 heteroatoms. The van der Waals surface area contributed by atoms with Crippen molar-refractivity contribution in [1.29, 1.82) is 0 Å². The normalized spacial score (nSPS) is 26.3. The second-order valence-corrected chi connectivity index (χ2v) is 7.56. The summed E-state index contributed by atoms with van der Waals surface area (Å²) in [4.78, 5) is 4.85. The molecule has 1 N–H and O–H groups in total. The number of nitrogens with zero attached hydrogens (tertiary/aromatic N) is 1. The van der Waals surface area contributed by atoms with Crippen LogP contribution in [-0.2, 0) is 6.42 Å². The van der Waals surface area contributed by atoms with Gasteiger partial charge in [0, 0.05) is 6.42 Å². The second-order valence-electron chi connectivity index (χ2n) is 6.44. The zero-order chi connectivity index (χ0) is 14.7. The van der Waals surface area contributed by atoms with E-state index in [0.29, 0.717) is 0 Å². The molecule has 1 fully saturated rings. The number of nitrogens with one attached hydrogen (secondary N) is 1. The van der Waals surface area contributed by atoms with Gasteiger partial charge in [0.15, 0.2) is 0 Å². The third kappa shape index (κ3) is 3.46. The smallest absolute Gasteiger partial charge is 0.0941 e. The molecule has 1 aliphatic rings. The van der Waals surface area contributed by atoms with Crippen molar-refractivity contribution >= 4 is 21.6 Å². The van der Waals surface area contributed by atoms with Gasteiger partial charge in [0.05, 0.1) is 15.2 Å². The van der Waals surface area contributed by atoms with Gasteiger partial charge in [0.2, 0.25) is 0 Å². The standard InChI is InChI=1S/C18H26N2S/c1-3-13-8-9-14(12-19-2)15(10-13)11-18-20-16-6-4-5-7-17(16)21-18/h4-7,13-15,19H,3,8-12H2,1-2H3. The van der Waals surface area contributed by atoms with Gasteiger partial charge in [-0.3, -0.25) is 0 Å². The summed E-state index contributed by atoms with van der Waals surface area (Å²) < 4.78 is 1.33. The molecule has 3 rings (SSSR count). The number of fused-ring (bicyclic) bond motifs is 1. The van der Waals surface area contributed by atoms with E-state index in [2.05, 4.69) is 43.6 Å². The summed E-state index contributed by atoms with van der Waals surface area (Å²) in [5, 5.41) is 4.73. The molecule has 0 aliphatic heterocycles. The van der Waals surface area contributed by atoms with Gasteiger partial charge in [-0.15, -0.1) is 11.3 Å². The van der Waals surface area contributed by atoms with Crippen molar-refractivity contribution in [3.8, 4) is 0 Å². The summed E-state index contributed by atoms with van der Waals surface area (Å²) in [5.41, 5.74) is 1.17. The lowest BCUT2D eigenvalue weighted by Crippen LogP contribution is -2.32. The molecule has 2 nitrogen and oxygen atoms in total. The minimum atomic E-state index is 0.803. The molecule has 3 atom stereocenters. The Bertz CT molecular complexity index is 544. The van der Waals surface area contributed by atoms with Crippen LogP contribution in [0.4, 0.5) is 0 Å². The fourth-order valence-corrected chi connectivity index (χ4v) is 4.87. The fraction of sp³-hybridized carbons (Fsp3) is 0.611. The van der Waals surface area contributed by atoms with Gasteiger partial charge in [0.25, 0.3) is 0 Å². The molecule has 21 heavy (non-hydrogen) atoms. The Kier molecular flexibility index (Phi) is 4.91. The summed E-state index contributed by atoms with van der Waals surface area (Å²) in [5.74, 6) is 2.55. The van der Waals surface area contributed by atoms with Gasteiger partial charge in [-0.05, 0) is 56.3 Å². The van der Waals surface area contributed by atoms with Gasteiger partial charge in [0.1, 0.15) is 0 Å². The molecule has 3 unspecified atom stereocenters. The number of thiazole rings is 1. The molecule has 0 radical (unpaired) electrons. The van der Waals surface area contributed by atoms with Crippen molar-refractivity contribution in [1.82, 2.24) is 10.3 Å². The molecule has 1 aliphatic carbocycles. The van der Waals surface area contributed by atoms with Crippen LogP contribution in [0, 0.1) is 17.8 Å². The average Bonchev–Trinajstić information content (AvgIpc) is 2.91. The van der Waals surface area contributed by atoms with Gasteiger partial charge >= 0.3 is 0 Å². The van der Waals surface area contributed by atoms with Gasteiger partial charge in [-0.2, -0.15) is 0 Å². The highest BCUT2D eigenvalue weighted by Crippen LogP contribution is 2.38. The summed E-state index contributed by atoms with van der Waals surface area (Å²) in [6.07, 6.45) is 6.69. The van der Waals surface area contributed by atoms with E-state index < -0.39 is 0 Å². The Morgan fingerprint density at radius 1 is 1.24 bits per heavy atom. The first kappa shape index (κ1) is 15.0. The second kappa shape index (κ2) is 6.89. The molecule has 0 bridgehead atoms. The highest BCUT2D eigenvalue weighted by Gasteiger charge is 2.30. The molecule has 2 aromatic rings. The van der Waals surface area contributed by atoms with E-state index in [4.69, 9.17) is 4.98 Å². The van der Waals surface area contributed by atoms with Crippen molar-refractivity contribution in [3.63, 3.8) is 0 Å². The first-order valence-electron chi connectivity index (χ1n) is 8.29. The predicted molar refractivity (Wildman–Crippen MR) is 91.9 cm³/mol. The van der Waals surface area contributed by atoms with Crippen LogP contribution in [0.5, 0.6) is 0 Å². The Labute approximate surface area is 132 Å². The van der Waals surface area contributed by atoms with Crippen molar-refractivity contribution in [2.45, 2.75) is 39.0 Å². The van der Waals surface area contributed by atoms with E-state index in [1.165, 1.54) is 47.3 Å². The minimum Gasteiger partial charge on any atom is -0.319 e. The zero-order valence-corrected chi connectivity index (χ0v) is 14.0. The predicted octanol–water partition coefficient (Wildman–Crippen LogP) is 4.50. The maximum atomic E-state index is 4.85. The van der Waals surface area contributed by atoms with Crippen LogP contribution in [0.25, 0.3) is 10.2 Å². The molecule has 1 aromatic heterocycles. The molecule has 1 aromatic carbocycles. The quantitative estimate of drug-likeness (QED) is 0.879. The SMILES string of the molecule is CCC1CCC(CNC)C(Cc2nc3ccccc3s2)C1. The summed E-state index contributed by atoms with van der Waals surface area (Å²) in [6.45, 7) is 3.50. The maximum Gasteiger partial charge on any atom is 0.0941 e. The Balaban J connectivity index is 1.75. The molecule has 1 heterocycles. The third-order valence-corrected chi connectivity index (χ3v) is 6.13. The number of para-hydroxylation sites is 1. The number of rotatable bonds is 5. The third-order valence-electron chi connectivity index (χ3n) is 5.07. The first-order valence-corrected chi connectivity index (χ1v) is 9.10. The van der Waals surface area contributed by atoms with Crippen molar-refractivity contribution in [2.24, 2.45) is 17.8 Å². The van der Waals surface area contributed by atoms with Crippen molar-refractivity contribution in [2.75, 3.05) is 13.6 Å². The lowest BCUT2D eigenvalue weighted by atomic mass is 9.72. The Morgan fingerprint density at radius 2 is 2.10 bits per heavy atom. The van der Waals surface area contributed by atoms with Crippen LogP contribution in [0.15, 0.2) is 24.3 Å². The lowest BCUT2D eigenvalue weighted by molar-refractivity contribution is 0.173. The highest BCUT2D eigenvalue weighted by molar-refractivity contribution is 7.18. The first-order chi connectivity index (χ1) is 10.3. The van der Waals surface area contributed by atoms with Crippen LogP contribution in [0.3, 0.4) is 0 Å². The van der Waals surface area contributed by atoms with Gasteiger partial charge < -0.3 is 5.32 Å². The Morgan fingerprint density at radius 3 is 2.86 bits per heavy atom. The number of aromatic nitrogens is 1.